The summed E-state index contributed by atoms with van der Waals surface area (Å²) in [5.74, 6) is 0.273. The molecule has 0 N–H and O–H groups in total. The van der Waals surface area contributed by atoms with E-state index in [0.29, 0.717) is 17.2 Å². The third-order valence-corrected chi connectivity index (χ3v) is 3.48. The van der Waals surface area contributed by atoms with Crippen LogP contribution < -0.4 is 4.74 Å². The molecule has 0 aliphatic carbocycles. The summed E-state index contributed by atoms with van der Waals surface area (Å²) >= 11 is 0. The van der Waals surface area contributed by atoms with Gasteiger partial charge in [-0.3, -0.25) is 4.79 Å². The molecular formula is C17H24O4. The molecule has 21 heavy (non-hydrogen) atoms. The number of hydrogen-bond acceptors (Lipinski definition) is 4. The molecule has 0 aromatic heterocycles. The summed E-state index contributed by atoms with van der Waals surface area (Å²) < 4.78 is 10.4. The van der Waals surface area contributed by atoms with Crippen LogP contribution >= 0.6 is 0 Å². The maximum absolute atomic E-state index is 12.0. The topological polar surface area (TPSA) is 52.6 Å². The molecule has 0 aliphatic heterocycles. The zero-order chi connectivity index (χ0) is 15.8. The summed E-state index contributed by atoms with van der Waals surface area (Å²) in [6.45, 7) is 7.55. The van der Waals surface area contributed by atoms with Crippen molar-refractivity contribution in [3.63, 3.8) is 0 Å². The Labute approximate surface area is 126 Å². The maximum atomic E-state index is 12.0. The van der Waals surface area contributed by atoms with Gasteiger partial charge in [-0.2, -0.15) is 0 Å². The van der Waals surface area contributed by atoms with Gasteiger partial charge < -0.3 is 9.47 Å². The first-order valence-corrected chi connectivity index (χ1v) is 7.45. The molecule has 116 valence electrons. The van der Waals surface area contributed by atoms with Crippen molar-refractivity contribution in [1.29, 1.82) is 0 Å². The van der Waals surface area contributed by atoms with Crippen LogP contribution in [0.15, 0.2) is 24.3 Å². The van der Waals surface area contributed by atoms with Gasteiger partial charge in [0.05, 0.1) is 11.7 Å². The number of esters is 2. The van der Waals surface area contributed by atoms with Crippen molar-refractivity contribution in [3.8, 4) is 5.75 Å². The molecule has 0 radical (unpaired) electrons. The van der Waals surface area contributed by atoms with E-state index in [-0.39, 0.29) is 18.0 Å². The Morgan fingerprint density at radius 1 is 1.10 bits per heavy atom. The van der Waals surface area contributed by atoms with Gasteiger partial charge in [-0.1, -0.05) is 26.7 Å². The number of rotatable bonds is 7. The molecule has 1 aromatic rings. The van der Waals surface area contributed by atoms with Crippen molar-refractivity contribution < 1.29 is 19.1 Å². The minimum absolute atomic E-state index is 0.101. The van der Waals surface area contributed by atoms with Crippen LogP contribution in [0.4, 0.5) is 0 Å². The predicted molar refractivity (Wildman–Crippen MR) is 81.3 cm³/mol. The normalized spacial score (nSPS) is 12.0. The summed E-state index contributed by atoms with van der Waals surface area (Å²) in [6, 6.07) is 6.38. The van der Waals surface area contributed by atoms with Crippen LogP contribution in [0.1, 0.15) is 57.3 Å². The van der Waals surface area contributed by atoms with E-state index in [9.17, 15) is 9.59 Å². The van der Waals surface area contributed by atoms with Crippen molar-refractivity contribution in [1.82, 2.24) is 0 Å². The molecule has 0 heterocycles. The lowest BCUT2D eigenvalue weighted by Crippen LogP contribution is -2.18. The molecule has 0 saturated heterocycles. The zero-order valence-electron chi connectivity index (χ0n) is 13.2. The van der Waals surface area contributed by atoms with Crippen LogP contribution in [0.5, 0.6) is 5.75 Å². The molecule has 1 aromatic carbocycles. The second-order valence-electron chi connectivity index (χ2n) is 5.25. The van der Waals surface area contributed by atoms with Crippen LogP contribution in [0.25, 0.3) is 0 Å². The number of carbonyl (C=O) groups excluding carboxylic acids is 2. The van der Waals surface area contributed by atoms with Gasteiger partial charge in [0.15, 0.2) is 0 Å². The lowest BCUT2D eigenvalue weighted by atomic mass is 9.97. The second-order valence-corrected chi connectivity index (χ2v) is 5.25. The number of benzene rings is 1. The molecule has 0 amide bonds. The van der Waals surface area contributed by atoms with Gasteiger partial charge >= 0.3 is 11.9 Å². The smallest absolute Gasteiger partial charge is 0.338 e. The summed E-state index contributed by atoms with van der Waals surface area (Å²) in [7, 11) is 0. The van der Waals surface area contributed by atoms with Crippen LogP contribution in [0.2, 0.25) is 0 Å². The van der Waals surface area contributed by atoms with E-state index in [4.69, 9.17) is 9.47 Å². The van der Waals surface area contributed by atoms with E-state index in [1.165, 1.54) is 6.92 Å². The van der Waals surface area contributed by atoms with Crippen LogP contribution in [0, 0.1) is 5.92 Å². The fraction of sp³-hybridized carbons (Fsp3) is 0.529. The van der Waals surface area contributed by atoms with Crippen molar-refractivity contribution in [3.05, 3.63) is 29.8 Å². The van der Waals surface area contributed by atoms with E-state index < -0.39 is 0 Å². The van der Waals surface area contributed by atoms with Crippen molar-refractivity contribution in [2.24, 2.45) is 5.92 Å². The van der Waals surface area contributed by atoms with E-state index in [1.807, 2.05) is 6.92 Å². The molecule has 0 saturated carbocycles. The Morgan fingerprint density at radius 2 is 1.67 bits per heavy atom. The largest absolute Gasteiger partial charge is 0.459 e. The molecule has 1 rings (SSSR count). The molecular weight excluding hydrogens is 268 g/mol. The monoisotopic (exact) mass is 292 g/mol. The number of carbonyl (C=O) groups is 2. The lowest BCUT2D eigenvalue weighted by molar-refractivity contribution is -0.131. The van der Waals surface area contributed by atoms with Crippen molar-refractivity contribution >= 4 is 11.9 Å². The summed E-state index contributed by atoms with van der Waals surface area (Å²) in [4.78, 5) is 22.8. The minimum atomic E-state index is -0.385. The van der Waals surface area contributed by atoms with E-state index in [1.54, 1.807) is 24.3 Å². The standard InChI is InChI=1S/C17H24O4/c1-5-14(6-2)11-12(3)20-17(19)15-7-9-16(10-8-15)21-13(4)18/h7-10,12,14H,5-6,11H2,1-4H3. The van der Waals surface area contributed by atoms with E-state index >= 15 is 0 Å². The molecule has 0 spiro atoms. The second kappa shape index (κ2) is 8.45. The fourth-order valence-corrected chi connectivity index (χ4v) is 2.22. The lowest BCUT2D eigenvalue weighted by Gasteiger charge is -2.18. The Kier molecular flexibility index (Phi) is 6.92. The highest BCUT2D eigenvalue weighted by atomic mass is 16.5. The third-order valence-electron chi connectivity index (χ3n) is 3.48. The fourth-order valence-electron chi connectivity index (χ4n) is 2.22. The van der Waals surface area contributed by atoms with Crippen LogP contribution in [0.3, 0.4) is 0 Å². The van der Waals surface area contributed by atoms with Gasteiger partial charge in [-0.25, -0.2) is 4.79 Å². The van der Waals surface area contributed by atoms with Gasteiger partial charge in [0.25, 0.3) is 0 Å². The highest BCUT2D eigenvalue weighted by Gasteiger charge is 2.15. The molecule has 1 unspecified atom stereocenters. The van der Waals surface area contributed by atoms with Gasteiger partial charge in [-0.15, -0.1) is 0 Å². The van der Waals surface area contributed by atoms with Gasteiger partial charge in [0, 0.05) is 6.92 Å². The van der Waals surface area contributed by atoms with Crippen molar-refractivity contribution in [2.45, 2.75) is 53.1 Å². The molecule has 0 aliphatic rings. The molecule has 4 nitrogen and oxygen atoms in total. The quantitative estimate of drug-likeness (QED) is 0.563. The molecule has 0 fully saturated rings. The summed E-state index contributed by atoms with van der Waals surface area (Å²) in [6.07, 6.45) is 2.96. The van der Waals surface area contributed by atoms with Gasteiger partial charge in [-0.05, 0) is 43.5 Å². The minimum Gasteiger partial charge on any atom is -0.459 e. The van der Waals surface area contributed by atoms with Crippen LogP contribution in [-0.2, 0) is 9.53 Å². The predicted octanol–water partition coefficient (Wildman–Crippen LogP) is 3.98. The first kappa shape index (κ1) is 17.2. The van der Waals surface area contributed by atoms with Crippen molar-refractivity contribution in [2.75, 3.05) is 0 Å². The zero-order valence-corrected chi connectivity index (χ0v) is 13.2. The average molecular weight is 292 g/mol. The van der Waals surface area contributed by atoms with Gasteiger partial charge in [0.2, 0.25) is 0 Å². The highest BCUT2D eigenvalue weighted by Crippen LogP contribution is 2.18. The number of hydrogen-bond donors (Lipinski definition) is 0. The molecule has 4 heteroatoms. The first-order valence-electron chi connectivity index (χ1n) is 7.45. The molecule has 1 atom stereocenters. The average Bonchev–Trinajstić information content (AvgIpc) is 2.44. The highest BCUT2D eigenvalue weighted by molar-refractivity contribution is 5.89. The van der Waals surface area contributed by atoms with Crippen LogP contribution in [-0.4, -0.2) is 18.0 Å². The molecule has 0 bridgehead atoms. The summed E-state index contributed by atoms with van der Waals surface area (Å²) in [5, 5.41) is 0. The Hall–Kier alpha value is -1.84. The van der Waals surface area contributed by atoms with Gasteiger partial charge in [0.1, 0.15) is 5.75 Å². The third kappa shape index (κ3) is 5.98. The maximum Gasteiger partial charge on any atom is 0.338 e. The van der Waals surface area contributed by atoms with E-state index in [2.05, 4.69) is 13.8 Å². The SMILES string of the molecule is CCC(CC)CC(C)OC(=O)c1ccc(OC(C)=O)cc1. The summed E-state index contributed by atoms with van der Waals surface area (Å²) in [5.41, 5.74) is 0.460. The first-order chi connectivity index (χ1) is 9.96. The van der Waals surface area contributed by atoms with E-state index in [0.717, 1.165) is 19.3 Å². The Bertz CT molecular complexity index is 460. The Balaban J connectivity index is 2.56. The number of ether oxygens (including phenoxy) is 2. The Morgan fingerprint density at radius 3 is 2.14 bits per heavy atom.